The lowest BCUT2D eigenvalue weighted by molar-refractivity contribution is 0.373. The maximum atomic E-state index is 6.00. The number of hydrogen-bond donors (Lipinski definition) is 1. The molecular formula is C11H13ClN2O. The number of aryl methyl sites for hydroxylation is 1. The molecule has 0 unspecified atom stereocenters. The summed E-state index contributed by atoms with van der Waals surface area (Å²) in [4.78, 5) is 4.24. The van der Waals surface area contributed by atoms with E-state index in [0.717, 1.165) is 24.5 Å². The van der Waals surface area contributed by atoms with Crippen molar-refractivity contribution in [2.75, 3.05) is 19.7 Å². The fourth-order valence-electron chi connectivity index (χ4n) is 1.41. The molecule has 2 rings (SSSR count). The summed E-state index contributed by atoms with van der Waals surface area (Å²) in [5.74, 6) is 1.61. The van der Waals surface area contributed by atoms with Gasteiger partial charge < -0.3 is 10.1 Å². The number of hydrogen-bond acceptors (Lipinski definition) is 3. The van der Waals surface area contributed by atoms with Crippen LogP contribution in [0.3, 0.4) is 0 Å². The van der Waals surface area contributed by atoms with E-state index in [1.54, 1.807) is 0 Å². The number of nitrogens with zero attached hydrogens (tertiary/aromatic N) is 1. The lowest BCUT2D eigenvalue weighted by Gasteiger charge is -2.08. The van der Waals surface area contributed by atoms with Gasteiger partial charge >= 0.3 is 0 Å². The fraction of sp³-hybridized carbons (Fsp3) is 0.364. The zero-order valence-electron chi connectivity index (χ0n) is 8.59. The summed E-state index contributed by atoms with van der Waals surface area (Å²) in [6, 6.07) is 5.73. The van der Waals surface area contributed by atoms with Gasteiger partial charge in [-0.2, -0.15) is 0 Å². The number of amidine groups is 1. The van der Waals surface area contributed by atoms with Gasteiger partial charge in [0.05, 0.1) is 11.6 Å². The predicted molar refractivity (Wildman–Crippen MR) is 62.0 cm³/mol. The third-order valence-electron chi connectivity index (χ3n) is 2.19. The second-order valence-corrected chi connectivity index (χ2v) is 3.88. The van der Waals surface area contributed by atoms with Crippen molar-refractivity contribution in [3.63, 3.8) is 0 Å². The van der Waals surface area contributed by atoms with Crippen LogP contribution in [0.1, 0.15) is 5.56 Å². The van der Waals surface area contributed by atoms with E-state index < -0.39 is 0 Å². The molecule has 1 aromatic rings. The Kier molecular flexibility index (Phi) is 3.11. The molecule has 4 heteroatoms. The largest absolute Gasteiger partial charge is 0.484 e. The Bertz CT molecular complexity index is 390. The number of nitrogens with one attached hydrogen (secondary N) is 1. The van der Waals surface area contributed by atoms with Crippen molar-refractivity contribution in [3.8, 4) is 5.75 Å². The van der Waals surface area contributed by atoms with Crippen LogP contribution in [-0.4, -0.2) is 25.5 Å². The van der Waals surface area contributed by atoms with Crippen molar-refractivity contribution < 1.29 is 4.74 Å². The Morgan fingerprint density at radius 3 is 3.13 bits per heavy atom. The van der Waals surface area contributed by atoms with Crippen LogP contribution in [0.5, 0.6) is 5.75 Å². The van der Waals surface area contributed by atoms with Crippen molar-refractivity contribution in [1.82, 2.24) is 5.32 Å². The zero-order chi connectivity index (χ0) is 10.7. The number of halogens is 1. The average molecular weight is 225 g/mol. The predicted octanol–water partition coefficient (Wildman–Crippen LogP) is 2.03. The van der Waals surface area contributed by atoms with E-state index in [1.807, 2.05) is 25.1 Å². The molecule has 0 saturated heterocycles. The molecule has 0 amide bonds. The SMILES string of the molecule is Cc1ccc(Cl)c(OCC2=NCCN2)c1. The quantitative estimate of drug-likeness (QED) is 0.853. The molecule has 1 N–H and O–H groups in total. The molecule has 0 spiro atoms. The molecule has 15 heavy (non-hydrogen) atoms. The highest BCUT2D eigenvalue weighted by Gasteiger charge is 2.07. The Hall–Kier alpha value is -1.22. The Morgan fingerprint density at radius 2 is 2.40 bits per heavy atom. The first kappa shape index (κ1) is 10.3. The highest BCUT2D eigenvalue weighted by molar-refractivity contribution is 6.32. The molecule has 0 radical (unpaired) electrons. The normalized spacial score (nSPS) is 14.7. The van der Waals surface area contributed by atoms with E-state index >= 15 is 0 Å². The van der Waals surface area contributed by atoms with Crippen LogP contribution in [-0.2, 0) is 0 Å². The molecule has 3 nitrogen and oxygen atoms in total. The second kappa shape index (κ2) is 4.53. The fourth-order valence-corrected chi connectivity index (χ4v) is 1.58. The maximum absolute atomic E-state index is 6.00. The summed E-state index contributed by atoms with van der Waals surface area (Å²) in [5.41, 5.74) is 1.13. The maximum Gasteiger partial charge on any atom is 0.145 e. The average Bonchev–Trinajstić information content (AvgIpc) is 2.72. The van der Waals surface area contributed by atoms with Crippen LogP contribution in [0.4, 0.5) is 0 Å². The molecule has 1 aliphatic heterocycles. The first-order valence-electron chi connectivity index (χ1n) is 4.92. The van der Waals surface area contributed by atoms with Crippen LogP contribution < -0.4 is 10.1 Å². The summed E-state index contributed by atoms with van der Waals surface area (Å²) in [6.07, 6.45) is 0. The van der Waals surface area contributed by atoms with E-state index in [2.05, 4.69) is 10.3 Å². The molecule has 0 saturated carbocycles. The standard InChI is InChI=1S/C11H13ClN2O/c1-8-2-3-9(12)10(6-8)15-7-11-13-4-5-14-11/h2-3,6H,4-5,7H2,1H3,(H,13,14). The Morgan fingerprint density at radius 1 is 1.53 bits per heavy atom. The van der Waals surface area contributed by atoms with Crippen molar-refractivity contribution in [1.29, 1.82) is 0 Å². The number of rotatable bonds is 3. The number of benzene rings is 1. The first-order valence-corrected chi connectivity index (χ1v) is 5.29. The van der Waals surface area contributed by atoms with Gasteiger partial charge in [-0.25, -0.2) is 0 Å². The minimum atomic E-state index is 0.461. The summed E-state index contributed by atoms with van der Waals surface area (Å²) < 4.78 is 5.58. The summed E-state index contributed by atoms with van der Waals surface area (Å²) in [6.45, 7) is 4.21. The second-order valence-electron chi connectivity index (χ2n) is 3.48. The van der Waals surface area contributed by atoms with Crippen molar-refractivity contribution >= 4 is 17.4 Å². The molecule has 0 bridgehead atoms. The molecule has 0 atom stereocenters. The van der Waals surface area contributed by atoms with E-state index in [4.69, 9.17) is 16.3 Å². The zero-order valence-corrected chi connectivity index (χ0v) is 9.34. The van der Waals surface area contributed by atoms with E-state index in [9.17, 15) is 0 Å². The third kappa shape index (κ3) is 2.63. The highest BCUT2D eigenvalue weighted by Crippen LogP contribution is 2.25. The van der Waals surface area contributed by atoms with Gasteiger partial charge in [0.1, 0.15) is 18.2 Å². The minimum absolute atomic E-state index is 0.461. The lowest BCUT2D eigenvalue weighted by Crippen LogP contribution is -2.24. The summed E-state index contributed by atoms with van der Waals surface area (Å²) in [7, 11) is 0. The summed E-state index contributed by atoms with van der Waals surface area (Å²) in [5, 5.41) is 3.78. The van der Waals surface area contributed by atoms with Gasteiger partial charge in [0.15, 0.2) is 0 Å². The van der Waals surface area contributed by atoms with Crippen LogP contribution in [0.2, 0.25) is 5.02 Å². The van der Waals surface area contributed by atoms with Gasteiger partial charge in [0.25, 0.3) is 0 Å². The van der Waals surface area contributed by atoms with Crippen LogP contribution in [0, 0.1) is 6.92 Å². The molecule has 1 aliphatic rings. The number of ether oxygens (including phenoxy) is 1. The Labute approximate surface area is 94.1 Å². The lowest BCUT2D eigenvalue weighted by atomic mass is 10.2. The van der Waals surface area contributed by atoms with Crippen LogP contribution >= 0.6 is 11.6 Å². The summed E-state index contributed by atoms with van der Waals surface area (Å²) >= 11 is 6.00. The Balaban J connectivity index is 2.00. The van der Waals surface area contributed by atoms with Gasteiger partial charge in [-0.05, 0) is 24.6 Å². The highest BCUT2D eigenvalue weighted by atomic mass is 35.5. The third-order valence-corrected chi connectivity index (χ3v) is 2.51. The van der Waals surface area contributed by atoms with Gasteiger partial charge in [0, 0.05) is 6.54 Å². The van der Waals surface area contributed by atoms with Gasteiger partial charge in [0.2, 0.25) is 0 Å². The molecule has 1 aromatic carbocycles. The first-order chi connectivity index (χ1) is 7.25. The van der Waals surface area contributed by atoms with Crippen molar-refractivity contribution in [2.45, 2.75) is 6.92 Å². The topological polar surface area (TPSA) is 33.6 Å². The molecule has 1 heterocycles. The molecule has 80 valence electrons. The van der Waals surface area contributed by atoms with E-state index in [-0.39, 0.29) is 0 Å². The minimum Gasteiger partial charge on any atom is -0.484 e. The molecular weight excluding hydrogens is 212 g/mol. The van der Waals surface area contributed by atoms with Crippen molar-refractivity contribution in [3.05, 3.63) is 28.8 Å². The van der Waals surface area contributed by atoms with Gasteiger partial charge in [-0.3, -0.25) is 4.99 Å². The van der Waals surface area contributed by atoms with E-state index in [0.29, 0.717) is 17.4 Å². The van der Waals surface area contributed by atoms with E-state index in [1.165, 1.54) is 0 Å². The van der Waals surface area contributed by atoms with Gasteiger partial charge in [-0.15, -0.1) is 0 Å². The monoisotopic (exact) mass is 224 g/mol. The molecule has 0 aromatic heterocycles. The smallest absolute Gasteiger partial charge is 0.145 e. The van der Waals surface area contributed by atoms with Crippen LogP contribution in [0.25, 0.3) is 0 Å². The number of aliphatic imine (C=N–C) groups is 1. The molecule has 0 fully saturated rings. The van der Waals surface area contributed by atoms with Crippen molar-refractivity contribution in [2.24, 2.45) is 4.99 Å². The molecule has 0 aliphatic carbocycles. The van der Waals surface area contributed by atoms with Crippen LogP contribution in [0.15, 0.2) is 23.2 Å². The van der Waals surface area contributed by atoms with Gasteiger partial charge in [-0.1, -0.05) is 17.7 Å².